The Balaban J connectivity index is 2.47. The standard InChI is InChI=1S/C13H10O2/c14-8-11-7-10-6-5-9-3-1-2-4-12(9)13(10)15-11/h1-7,14H,8H2. The van der Waals surface area contributed by atoms with Crippen LogP contribution in [0.1, 0.15) is 5.76 Å². The van der Waals surface area contributed by atoms with Crippen LogP contribution in [0.2, 0.25) is 0 Å². The summed E-state index contributed by atoms with van der Waals surface area (Å²) in [5.74, 6) is 0.612. The molecule has 0 spiro atoms. The number of fused-ring (bicyclic) bond motifs is 3. The molecule has 0 aliphatic heterocycles. The van der Waals surface area contributed by atoms with E-state index in [1.165, 1.54) is 0 Å². The average Bonchev–Trinajstić information content (AvgIpc) is 2.72. The Labute approximate surface area is 86.7 Å². The van der Waals surface area contributed by atoms with Gasteiger partial charge in [-0.15, -0.1) is 0 Å². The van der Waals surface area contributed by atoms with Crippen molar-refractivity contribution in [3.63, 3.8) is 0 Å². The number of furan rings is 1. The summed E-state index contributed by atoms with van der Waals surface area (Å²) in [6.07, 6.45) is 0. The first kappa shape index (κ1) is 8.50. The van der Waals surface area contributed by atoms with Gasteiger partial charge in [-0.05, 0) is 11.5 Å². The van der Waals surface area contributed by atoms with Gasteiger partial charge in [0.05, 0.1) is 0 Å². The van der Waals surface area contributed by atoms with Crippen molar-refractivity contribution in [3.8, 4) is 0 Å². The Bertz CT molecular complexity index is 623. The first-order chi connectivity index (χ1) is 7.38. The van der Waals surface area contributed by atoms with Crippen molar-refractivity contribution in [2.24, 2.45) is 0 Å². The van der Waals surface area contributed by atoms with Crippen LogP contribution in [0.15, 0.2) is 46.9 Å². The summed E-state index contributed by atoms with van der Waals surface area (Å²) in [4.78, 5) is 0. The quantitative estimate of drug-likeness (QED) is 0.651. The van der Waals surface area contributed by atoms with Crippen molar-refractivity contribution in [1.29, 1.82) is 0 Å². The molecule has 0 aliphatic carbocycles. The molecular formula is C13H10O2. The van der Waals surface area contributed by atoms with Crippen molar-refractivity contribution in [2.45, 2.75) is 6.61 Å². The molecule has 0 saturated heterocycles. The highest BCUT2D eigenvalue weighted by Crippen LogP contribution is 2.27. The third-order valence-electron chi connectivity index (χ3n) is 2.62. The topological polar surface area (TPSA) is 33.4 Å². The molecule has 0 bridgehead atoms. The summed E-state index contributed by atoms with van der Waals surface area (Å²) < 4.78 is 5.58. The molecular weight excluding hydrogens is 188 g/mol. The van der Waals surface area contributed by atoms with Crippen LogP contribution in [0.5, 0.6) is 0 Å². The van der Waals surface area contributed by atoms with E-state index in [1.54, 1.807) is 0 Å². The molecule has 2 aromatic carbocycles. The van der Waals surface area contributed by atoms with Gasteiger partial charge in [-0.1, -0.05) is 36.4 Å². The maximum atomic E-state index is 9.02. The average molecular weight is 198 g/mol. The molecule has 3 aromatic rings. The second-order valence-electron chi connectivity index (χ2n) is 3.58. The van der Waals surface area contributed by atoms with E-state index in [0.717, 1.165) is 21.7 Å². The minimum Gasteiger partial charge on any atom is -0.458 e. The van der Waals surface area contributed by atoms with Gasteiger partial charge in [0.15, 0.2) is 0 Å². The van der Waals surface area contributed by atoms with Crippen LogP contribution in [-0.2, 0) is 6.61 Å². The fourth-order valence-corrected chi connectivity index (χ4v) is 1.90. The number of hydrogen-bond donors (Lipinski definition) is 1. The van der Waals surface area contributed by atoms with Crippen molar-refractivity contribution in [1.82, 2.24) is 0 Å². The molecule has 0 atom stereocenters. The van der Waals surface area contributed by atoms with Crippen molar-refractivity contribution in [2.75, 3.05) is 0 Å². The first-order valence-corrected chi connectivity index (χ1v) is 4.89. The third-order valence-corrected chi connectivity index (χ3v) is 2.62. The zero-order chi connectivity index (χ0) is 10.3. The van der Waals surface area contributed by atoms with Gasteiger partial charge >= 0.3 is 0 Å². The second kappa shape index (κ2) is 3.11. The number of benzene rings is 2. The highest BCUT2D eigenvalue weighted by molar-refractivity contribution is 6.04. The first-order valence-electron chi connectivity index (χ1n) is 4.89. The zero-order valence-electron chi connectivity index (χ0n) is 8.10. The van der Waals surface area contributed by atoms with Gasteiger partial charge in [-0.2, -0.15) is 0 Å². The summed E-state index contributed by atoms with van der Waals surface area (Å²) in [5.41, 5.74) is 0.858. The minimum atomic E-state index is -0.0526. The molecule has 0 aliphatic rings. The molecule has 0 radical (unpaired) electrons. The number of hydrogen-bond acceptors (Lipinski definition) is 2. The van der Waals surface area contributed by atoms with Gasteiger partial charge in [-0.25, -0.2) is 0 Å². The van der Waals surface area contributed by atoms with E-state index in [9.17, 15) is 0 Å². The summed E-state index contributed by atoms with van der Waals surface area (Å²) in [6, 6.07) is 14.0. The van der Waals surface area contributed by atoms with Gasteiger partial charge in [0.1, 0.15) is 18.0 Å². The van der Waals surface area contributed by atoms with Crippen LogP contribution in [0, 0.1) is 0 Å². The molecule has 74 valence electrons. The highest BCUT2D eigenvalue weighted by atomic mass is 16.4. The SMILES string of the molecule is OCc1cc2ccc3ccccc3c2o1. The molecule has 3 rings (SSSR count). The van der Waals surface area contributed by atoms with E-state index in [4.69, 9.17) is 9.52 Å². The third kappa shape index (κ3) is 1.22. The van der Waals surface area contributed by atoms with Gasteiger partial charge in [0, 0.05) is 10.8 Å². The Morgan fingerprint density at radius 1 is 1.00 bits per heavy atom. The fraction of sp³-hybridized carbons (Fsp3) is 0.0769. The molecule has 0 amide bonds. The largest absolute Gasteiger partial charge is 0.458 e. The van der Waals surface area contributed by atoms with Gasteiger partial charge < -0.3 is 9.52 Å². The molecule has 0 saturated carbocycles. The summed E-state index contributed by atoms with van der Waals surface area (Å²) >= 11 is 0. The van der Waals surface area contributed by atoms with Crippen LogP contribution >= 0.6 is 0 Å². The number of aliphatic hydroxyl groups is 1. The van der Waals surface area contributed by atoms with E-state index >= 15 is 0 Å². The second-order valence-corrected chi connectivity index (χ2v) is 3.58. The lowest BCUT2D eigenvalue weighted by atomic mass is 10.1. The van der Waals surface area contributed by atoms with E-state index in [2.05, 4.69) is 12.1 Å². The molecule has 0 fully saturated rings. The van der Waals surface area contributed by atoms with Crippen LogP contribution in [0.3, 0.4) is 0 Å². The Morgan fingerprint density at radius 3 is 2.67 bits per heavy atom. The molecule has 15 heavy (non-hydrogen) atoms. The normalized spacial score (nSPS) is 11.3. The lowest BCUT2D eigenvalue weighted by Crippen LogP contribution is -1.73. The van der Waals surface area contributed by atoms with E-state index in [-0.39, 0.29) is 6.61 Å². The zero-order valence-corrected chi connectivity index (χ0v) is 8.10. The van der Waals surface area contributed by atoms with Crippen molar-refractivity contribution < 1.29 is 9.52 Å². The predicted molar refractivity (Wildman–Crippen MR) is 59.6 cm³/mol. The summed E-state index contributed by atoms with van der Waals surface area (Å²) in [5, 5.41) is 12.3. The predicted octanol–water partition coefficient (Wildman–Crippen LogP) is 3.08. The summed E-state index contributed by atoms with van der Waals surface area (Å²) in [6.45, 7) is -0.0526. The fourth-order valence-electron chi connectivity index (χ4n) is 1.90. The molecule has 1 aromatic heterocycles. The van der Waals surface area contributed by atoms with E-state index in [1.807, 2.05) is 30.3 Å². The van der Waals surface area contributed by atoms with Crippen LogP contribution in [0.4, 0.5) is 0 Å². The molecule has 2 nitrogen and oxygen atoms in total. The van der Waals surface area contributed by atoms with Crippen LogP contribution in [0.25, 0.3) is 21.7 Å². The Morgan fingerprint density at radius 2 is 1.80 bits per heavy atom. The van der Waals surface area contributed by atoms with Crippen molar-refractivity contribution in [3.05, 3.63) is 48.2 Å². The maximum absolute atomic E-state index is 9.02. The Kier molecular flexibility index (Phi) is 1.76. The summed E-state index contributed by atoms with van der Waals surface area (Å²) in [7, 11) is 0. The van der Waals surface area contributed by atoms with Crippen molar-refractivity contribution >= 4 is 21.7 Å². The number of aliphatic hydroxyl groups excluding tert-OH is 1. The van der Waals surface area contributed by atoms with Crippen LogP contribution < -0.4 is 0 Å². The smallest absolute Gasteiger partial charge is 0.142 e. The van der Waals surface area contributed by atoms with Gasteiger partial charge in [0.2, 0.25) is 0 Å². The van der Waals surface area contributed by atoms with E-state index in [0.29, 0.717) is 5.76 Å². The molecule has 1 N–H and O–H groups in total. The lowest BCUT2D eigenvalue weighted by Gasteiger charge is -1.96. The maximum Gasteiger partial charge on any atom is 0.142 e. The lowest BCUT2D eigenvalue weighted by molar-refractivity contribution is 0.251. The van der Waals surface area contributed by atoms with E-state index < -0.39 is 0 Å². The molecule has 0 unspecified atom stereocenters. The molecule has 1 heterocycles. The minimum absolute atomic E-state index is 0.0526. The monoisotopic (exact) mass is 198 g/mol. The van der Waals surface area contributed by atoms with Crippen LogP contribution in [-0.4, -0.2) is 5.11 Å². The van der Waals surface area contributed by atoms with Gasteiger partial charge in [-0.3, -0.25) is 0 Å². The molecule has 2 heteroatoms. The Hall–Kier alpha value is -1.80. The van der Waals surface area contributed by atoms with Gasteiger partial charge in [0.25, 0.3) is 0 Å². The highest BCUT2D eigenvalue weighted by Gasteiger charge is 2.05. The number of rotatable bonds is 1.